The number of hydrogen-bond acceptors (Lipinski definition) is 3. The van der Waals surface area contributed by atoms with Crippen molar-refractivity contribution in [3.05, 3.63) is 46.5 Å². The number of benzene rings is 1. The molecule has 0 atom stereocenters. The molecule has 0 radical (unpaired) electrons. The van der Waals surface area contributed by atoms with Gasteiger partial charge in [0.2, 0.25) is 5.91 Å². The number of fused-ring (bicyclic) bond motifs is 1. The fourth-order valence-electron chi connectivity index (χ4n) is 2.72. The van der Waals surface area contributed by atoms with E-state index >= 15 is 0 Å². The molecule has 0 saturated carbocycles. The Morgan fingerprint density at radius 1 is 1.18 bits per heavy atom. The predicted octanol–water partition coefficient (Wildman–Crippen LogP) is 0.915. The summed E-state index contributed by atoms with van der Waals surface area (Å²) in [7, 11) is 2.03. The molecule has 2 heterocycles. The van der Waals surface area contributed by atoms with E-state index in [9.17, 15) is 14.0 Å². The number of amides is 1. The summed E-state index contributed by atoms with van der Waals surface area (Å²) in [6, 6.07) is 5.44. The molecule has 1 fully saturated rings. The highest BCUT2D eigenvalue weighted by atomic mass is 19.1. The normalized spacial score (nSPS) is 16.2. The maximum atomic E-state index is 13.3. The maximum Gasteiger partial charge on any atom is 0.242 e. The van der Waals surface area contributed by atoms with Crippen molar-refractivity contribution < 1.29 is 9.18 Å². The average Bonchev–Trinajstić information content (AvgIpc) is 2.51. The lowest BCUT2D eigenvalue weighted by atomic mass is 10.2. The van der Waals surface area contributed by atoms with E-state index in [0.717, 1.165) is 13.1 Å². The Hall–Kier alpha value is -2.21. The van der Waals surface area contributed by atoms with Crippen LogP contribution in [-0.4, -0.2) is 53.5 Å². The van der Waals surface area contributed by atoms with E-state index < -0.39 is 5.82 Å². The van der Waals surface area contributed by atoms with Crippen molar-refractivity contribution in [3.63, 3.8) is 0 Å². The second-order valence-corrected chi connectivity index (χ2v) is 5.65. The van der Waals surface area contributed by atoms with Crippen LogP contribution in [0.3, 0.4) is 0 Å². The molecule has 5 nitrogen and oxygen atoms in total. The number of halogens is 1. The Morgan fingerprint density at radius 3 is 2.64 bits per heavy atom. The first kappa shape index (κ1) is 14.7. The number of piperazine rings is 1. The van der Waals surface area contributed by atoms with E-state index in [4.69, 9.17) is 0 Å². The van der Waals surface area contributed by atoms with E-state index in [1.165, 1.54) is 18.2 Å². The number of nitrogens with zero attached hydrogens (tertiary/aromatic N) is 3. The number of pyridine rings is 1. The number of likely N-dealkylation sites (N-methyl/N-ethyl adjacent to an activating group) is 1. The van der Waals surface area contributed by atoms with E-state index in [2.05, 4.69) is 4.90 Å². The summed E-state index contributed by atoms with van der Waals surface area (Å²) in [6.45, 7) is 3.31. The first-order valence-electron chi connectivity index (χ1n) is 7.29. The van der Waals surface area contributed by atoms with Gasteiger partial charge in [-0.1, -0.05) is 0 Å². The van der Waals surface area contributed by atoms with Crippen molar-refractivity contribution in [1.82, 2.24) is 14.4 Å². The van der Waals surface area contributed by atoms with Crippen molar-refractivity contribution in [1.29, 1.82) is 0 Å². The van der Waals surface area contributed by atoms with Crippen LogP contribution in [0.5, 0.6) is 0 Å². The summed E-state index contributed by atoms with van der Waals surface area (Å²) in [6.07, 6.45) is 1.59. The van der Waals surface area contributed by atoms with Crippen LogP contribution in [0.2, 0.25) is 0 Å². The molecule has 0 N–H and O–H groups in total. The summed E-state index contributed by atoms with van der Waals surface area (Å²) in [5.74, 6) is -0.435. The highest BCUT2D eigenvalue weighted by molar-refractivity contribution is 5.82. The fourth-order valence-corrected chi connectivity index (χ4v) is 2.72. The molecule has 1 aliphatic heterocycles. The van der Waals surface area contributed by atoms with Gasteiger partial charge in [0.05, 0.1) is 5.52 Å². The summed E-state index contributed by atoms with van der Waals surface area (Å²) < 4.78 is 15.0. The van der Waals surface area contributed by atoms with Crippen LogP contribution < -0.4 is 5.43 Å². The van der Waals surface area contributed by atoms with Gasteiger partial charge in [0, 0.05) is 43.8 Å². The zero-order valence-corrected chi connectivity index (χ0v) is 12.5. The molecular formula is C16H18FN3O2. The summed E-state index contributed by atoms with van der Waals surface area (Å²) in [5, 5.41) is 0.300. The summed E-state index contributed by atoms with van der Waals surface area (Å²) in [5.41, 5.74) is 0.342. The molecule has 116 valence electrons. The van der Waals surface area contributed by atoms with Gasteiger partial charge in [-0.2, -0.15) is 0 Å². The summed E-state index contributed by atoms with van der Waals surface area (Å²) in [4.78, 5) is 28.2. The van der Waals surface area contributed by atoms with E-state index in [-0.39, 0.29) is 17.9 Å². The molecule has 1 aromatic heterocycles. The topological polar surface area (TPSA) is 45.5 Å². The molecule has 0 bridgehead atoms. The number of carbonyl (C=O) groups excluding carboxylic acids is 1. The van der Waals surface area contributed by atoms with Crippen LogP contribution in [0.1, 0.15) is 0 Å². The van der Waals surface area contributed by atoms with Gasteiger partial charge in [-0.05, 0) is 25.2 Å². The highest BCUT2D eigenvalue weighted by Gasteiger charge is 2.19. The second kappa shape index (κ2) is 5.88. The Bertz CT molecular complexity index is 764. The van der Waals surface area contributed by atoms with Gasteiger partial charge in [-0.3, -0.25) is 9.59 Å². The second-order valence-electron chi connectivity index (χ2n) is 5.65. The van der Waals surface area contributed by atoms with Crippen molar-refractivity contribution in [2.45, 2.75) is 6.54 Å². The van der Waals surface area contributed by atoms with Crippen LogP contribution in [0.4, 0.5) is 4.39 Å². The molecule has 22 heavy (non-hydrogen) atoms. The van der Waals surface area contributed by atoms with Gasteiger partial charge in [-0.15, -0.1) is 0 Å². The highest BCUT2D eigenvalue weighted by Crippen LogP contribution is 2.13. The number of aromatic nitrogens is 1. The van der Waals surface area contributed by atoms with Crippen molar-refractivity contribution in [2.24, 2.45) is 0 Å². The molecule has 1 saturated heterocycles. The number of rotatable bonds is 2. The summed E-state index contributed by atoms with van der Waals surface area (Å²) >= 11 is 0. The van der Waals surface area contributed by atoms with Crippen LogP contribution in [0.15, 0.2) is 35.3 Å². The van der Waals surface area contributed by atoms with Crippen molar-refractivity contribution >= 4 is 16.8 Å². The van der Waals surface area contributed by atoms with E-state index in [1.807, 2.05) is 11.9 Å². The third-order valence-corrected chi connectivity index (χ3v) is 4.10. The molecule has 0 aliphatic carbocycles. The van der Waals surface area contributed by atoms with Gasteiger partial charge in [0.15, 0.2) is 5.43 Å². The Labute approximate surface area is 127 Å². The Kier molecular flexibility index (Phi) is 3.94. The minimum Gasteiger partial charge on any atom is -0.339 e. The molecule has 1 amide bonds. The lowest BCUT2D eigenvalue weighted by Crippen LogP contribution is -2.48. The standard InChI is InChI=1S/C16H18FN3O2/c1-18-6-8-19(9-7-18)16(22)11-20-5-4-15(21)13-10-12(17)2-3-14(13)20/h2-5,10H,6-9,11H2,1H3. The minimum absolute atomic E-state index is 0.0161. The van der Waals surface area contributed by atoms with Gasteiger partial charge in [-0.25, -0.2) is 4.39 Å². The largest absolute Gasteiger partial charge is 0.339 e. The molecule has 2 aromatic rings. The molecular weight excluding hydrogens is 285 g/mol. The number of carbonyl (C=O) groups is 1. The van der Waals surface area contributed by atoms with Gasteiger partial charge in [0.1, 0.15) is 12.4 Å². The van der Waals surface area contributed by atoms with Crippen molar-refractivity contribution in [2.75, 3.05) is 33.2 Å². The van der Waals surface area contributed by atoms with Gasteiger partial charge < -0.3 is 14.4 Å². The van der Waals surface area contributed by atoms with E-state index in [0.29, 0.717) is 24.0 Å². The number of hydrogen-bond donors (Lipinski definition) is 0. The predicted molar refractivity (Wildman–Crippen MR) is 82.2 cm³/mol. The smallest absolute Gasteiger partial charge is 0.242 e. The third-order valence-electron chi connectivity index (χ3n) is 4.10. The first-order chi connectivity index (χ1) is 10.5. The molecule has 0 unspecified atom stereocenters. The monoisotopic (exact) mass is 303 g/mol. The van der Waals surface area contributed by atoms with Gasteiger partial charge >= 0.3 is 0 Å². The van der Waals surface area contributed by atoms with Gasteiger partial charge in [0.25, 0.3) is 0 Å². The first-order valence-corrected chi connectivity index (χ1v) is 7.29. The third kappa shape index (κ3) is 2.87. The van der Waals surface area contributed by atoms with Crippen LogP contribution in [-0.2, 0) is 11.3 Å². The molecule has 1 aliphatic rings. The zero-order chi connectivity index (χ0) is 15.7. The lowest BCUT2D eigenvalue weighted by Gasteiger charge is -2.32. The lowest BCUT2D eigenvalue weighted by molar-refractivity contribution is -0.133. The van der Waals surface area contributed by atoms with Crippen molar-refractivity contribution in [3.8, 4) is 0 Å². The zero-order valence-electron chi connectivity index (χ0n) is 12.5. The molecule has 3 rings (SSSR count). The molecule has 1 aromatic carbocycles. The quantitative estimate of drug-likeness (QED) is 0.828. The molecule has 6 heteroatoms. The van der Waals surface area contributed by atoms with Crippen LogP contribution in [0.25, 0.3) is 10.9 Å². The maximum absolute atomic E-state index is 13.3. The molecule has 0 spiro atoms. The Balaban J connectivity index is 1.86. The van der Waals surface area contributed by atoms with Crippen LogP contribution in [0, 0.1) is 5.82 Å². The average molecular weight is 303 g/mol. The Morgan fingerprint density at radius 2 is 1.91 bits per heavy atom. The van der Waals surface area contributed by atoms with Crippen LogP contribution >= 0.6 is 0 Å². The van der Waals surface area contributed by atoms with E-state index in [1.54, 1.807) is 16.8 Å². The fraction of sp³-hybridized carbons (Fsp3) is 0.375. The minimum atomic E-state index is -0.451. The SMILES string of the molecule is CN1CCN(C(=O)Cn2ccc(=O)c3cc(F)ccc32)CC1.